The zero-order valence-corrected chi connectivity index (χ0v) is 18.6. The maximum absolute atomic E-state index is 13.4. The maximum atomic E-state index is 13.4. The van der Waals surface area contributed by atoms with E-state index < -0.39 is 6.10 Å². The van der Waals surface area contributed by atoms with Gasteiger partial charge in [0.15, 0.2) is 11.5 Å². The van der Waals surface area contributed by atoms with E-state index in [0.717, 1.165) is 35.8 Å². The minimum absolute atomic E-state index is 0.0364. The molecule has 3 heterocycles. The lowest BCUT2D eigenvalue weighted by Crippen LogP contribution is -2.51. The summed E-state index contributed by atoms with van der Waals surface area (Å²) in [7, 11) is 1.91. The van der Waals surface area contributed by atoms with Crippen LogP contribution in [0.5, 0.6) is 11.5 Å². The molecule has 1 fully saturated rings. The number of rotatable bonds is 7. The molecule has 0 bridgehead atoms. The molecular formula is C23H32N4O4. The second-order valence-corrected chi connectivity index (χ2v) is 8.67. The van der Waals surface area contributed by atoms with Gasteiger partial charge < -0.3 is 19.1 Å². The zero-order chi connectivity index (χ0) is 21.8. The highest BCUT2D eigenvalue weighted by molar-refractivity contribution is 5.81. The standard InChI is InChI=1S/C23H32N4O4/c1-17(2)13-27(14-18-4-5-20-21(12-18)31-11-10-30-20)23(28)22-16-26(8-9-29-22)15-19-6-7-25(3)24-19/h4-7,12,17,22H,8-11,13-16H2,1-3H3. The SMILES string of the molecule is CC(C)CN(Cc1ccc2c(c1)OCCO2)C(=O)C1CN(Cc2ccn(C)n2)CCO1. The summed E-state index contributed by atoms with van der Waals surface area (Å²) in [6.07, 6.45) is 1.48. The summed E-state index contributed by atoms with van der Waals surface area (Å²) in [6, 6.07) is 7.92. The highest BCUT2D eigenvalue weighted by Crippen LogP contribution is 2.31. The molecule has 0 radical (unpaired) electrons. The Morgan fingerprint density at radius 2 is 2.00 bits per heavy atom. The molecule has 1 unspecified atom stereocenters. The smallest absolute Gasteiger partial charge is 0.253 e. The Kier molecular flexibility index (Phi) is 6.77. The fourth-order valence-electron chi connectivity index (χ4n) is 4.06. The van der Waals surface area contributed by atoms with Gasteiger partial charge in [-0.2, -0.15) is 5.10 Å². The van der Waals surface area contributed by atoms with Crippen molar-refractivity contribution in [3.8, 4) is 11.5 Å². The molecule has 0 N–H and O–H groups in total. The average Bonchev–Trinajstić information content (AvgIpc) is 3.17. The van der Waals surface area contributed by atoms with Crippen LogP contribution in [0.3, 0.4) is 0 Å². The van der Waals surface area contributed by atoms with Crippen LogP contribution < -0.4 is 9.47 Å². The number of hydrogen-bond acceptors (Lipinski definition) is 6. The topological polar surface area (TPSA) is 69.1 Å². The number of hydrogen-bond donors (Lipinski definition) is 0. The van der Waals surface area contributed by atoms with Crippen LogP contribution in [0.15, 0.2) is 30.5 Å². The molecule has 2 aliphatic rings. The number of amides is 1. The van der Waals surface area contributed by atoms with Crippen molar-refractivity contribution in [2.75, 3.05) is 39.5 Å². The predicted octanol–water partition coefficient (Wildman–Crippen LogP) is 2.08. The van der Waals surface area contributed by atoms with E-state index in [-0.39, 0.29) is 5.91 Å². The molecule has 0 aliphatic carbocycles. The van der Waals surface area contributed by atoms with E-state index in [9.17, 15) is 4.79 Å². The van der Waals surface area contributed by atoms with Crippen molar-refractivity contribution >= 4 is 5.91 Å². The maximum Gasteiger partial charge on any atom is 0.253 e. The molecule has 1 saturated heterocycles. The first-order chi connectivity index (χ1) is 15.0. The number of ether oxygens (including phenoxy) is 3. The first-order valence-corrected chi connectivity index (χ1v) is 11.0. The average molecular weight is 429 g/mol. The fraction of sp³-hybridized carbons (Fsp3) is 0.565. The molecule has 168 valence electrons. The first-order valence-electron chi connectivity index (χ1n) is 11.0. The Labute approximate surface area is 183 Å². The first kappa shape index (κ1) is 21.6. The van der Waals surface area contributed by atoms with E-state index >= 15 is 0 Å². The summed E-state index contributed by atoms with van der Waals surface area (Å²) in [5.41, 5.74) is 2.03. The van der Waals surface area contributed by atoms with Gasteiger partial charge in [-0.3, -0.25) is 14.4 Å². The molecule has 2 aliphatic heterocycles. The lowest BCUT2D eigenvalue weighted by molar-refractivity contribution is -0.151. The van der Waals surface area contributed by atoms with Gasteiger partial charge in [-0.15, -0.1) is 0 Å². The summed E-state index contributed by atoms with van der Waals surface area (Å²) in [5.74, 6) is 1.90. The molecule has 2 aromatic rings. The van der Waals surface area contributed by atoms with Gasteiger partial charge in [-0.1, -0.05) is 19.9 Å². The summed E-state index contributed by atoms with van der Waals surface area (Å²) in [4.78, 5) is 17.6. The van der Waals surface area contributed by atoms with Crippen molar-refractivity contribution in [2.45, 2.75) is 33.0 Å². The van der Waals surface area contributed by atoms with E-state index in [4.69, 9.17) is 14.2 Å². The summed E-state index contributed by atoms with van der Waals surface area (Å²) < 4.78 is 19.0. The number of aromatic nitrogens is 2. The molecule has 8 heteroatoms. The van der Waals surface area contributed by atoms with Crippen molar-refractivity contribution in [3.05, 3.63) is 41.7 Å². The Bertz CT molecular complexity index is 897. The Morgan fingerprint density at radius 1 is 1.19 bits per heavy atom. The fourth-order valence-corrected chi connectivity index (χ4v) is 4.06. The minimum Gasteiger partial charge on any atom is -0.486 e. The third-order valence-corrected chi connectivity index (χ3v) is 5.46. The van der Waals surface area contributed by atoms with Crippen molar-refractivity contribution in [1.82, 2.24) is 19.6 Å². The number of fused-ring (bicyclic) bond motifs is 1. The van der Waals surface area contributed by atoms with Crippen molar-refractivity contribution in [1.29, 1.82) is 0 Å². The largest absolute Gasteiger partial charge is 0.486 e. The van der Waals surface area contributed by atoms with Crippen LogP contribution >= 0.6 is 0 Å². The number of aryl methyl sites for hydroxylation is 1. The van der Waals surface area contributed by atoms with Crippen LogP contribution in [0.1, 0.15) is 25.1 Å². The summed E-state index contributed by atoms with van der Waals surface area (Å²) >= 11 is 0. The summed E-state index contributed by atoms with van der Waals surface area (Å²) in [6.45, 7) is 9.20. The van der Waals surface area contributed by atoms with Gasteiger partial charge in [0.05, 0.1) is 12.3 Å². The van der Waals surface area contributed by atoms with Gasteiger partial charge in [0.2, 0.25) is 0 Å². The van der Waals surface area contributed by atoms with Crippen LogP contribution in [0.4, 0.5) is 0 Å². The Balaban J connectivity index is 1.43. The van der Waals surface area contributed by atoms with E-state index in [1.807, 2.05) is 42.4 Å². The molecule has 1 amide bonds. The number of nitrogens with zero attached hydrogens (tertiary/aromatic N) is 4. The molecule has 1 atom stereocenters. The van der Waals surface area contributed by atoms with E-state index in [2.05, 4.69) is 23.8 Å². The van der Waals surface area contributed by atoms with Crippen molar-refractivity contribution < 1.29 is 19.0 Å². The van der Waals surface area contributed by atoms with Crippen LogP contribution in [-0.2, 0) is 29.7 Å². The predicted molar refractivity (Wildman–Crippen MR) is 116 cm³/mol. The molecular weight excluding hydrogens is 396 g/mol. The molecule has 1 aromatic heterocycles. The van der Waals surface area contributed by atoms with Crippen molar-refractivity contribution in [3.63, 3.8) is 0 Å². The molecule has 0 spiro atoms. The van der Waals surface area contributed by atoms with E-state index in [1.54, 1.807) is 4.68 Å². The molecule has 1 aromatic carbocycles. The Morgan fingerprint density at radius 3 is 2.74 bits per heavy atom. The number of benzene rings is 1. The number of morpholine rings is 1. The quantitative estimate of drug-likeness (QED) is 0.673. The second kappa shape index (κ2) is 9.70. The van der Waals surface area contributed by atoms with Crippen LogP contribution in [0, 0.1) is 5.92 Å². The molecule has 31 heavy (non-hydrogen) atoms. The summed E-state index contributed by atoms with van der Waals surface area (Å²) in [5, 5.41) is 4.46. The van der Waals surface area contributed by atoms with Crippen LogP contribution in [-0.4, -0.2) is 71.0 Å². The van der Waals surface area contributed by atoms with Crippen molar-refractivity contribution in [2.24, 2.45) is 13.0 Å². The lowest BCUT2D eigenvalue weighted by atomic mass is 10.1. The highest BCUT2D eigenvalue weighted by Gasteiger charge is 2.31. The third kappa shape index (κ3) is 5.57. The Hall–Kier alpha value is -2.58. The zero-order valence-electron chi connectivity index (χ0n) is 18.6. The van der Waals surface area contributed by atoms with Gasteiger partial charge in [-0.05, 0) is 29.7 Å². The van der Waals surface area contributed by atoms with Gasteiger partial charge in [0.1, 0.15) is 19.3 Å². The third-order valence-electron chi connectivity index (χ3n) is 5.46. The molecule has 4 rings (SSSR count). The minimum atomic E-state index is -0.464. The number of carbonyl (C=O) groups excluding carboxylic acids is 1. The van der Waals surface area contributed by atoms with E-state index in [0.29, 0.717) is 45.4 Å². The highest BCUT2D eigenvalue weighted by atomic mass is 16.6. The molecule has 8 nitrogen and oxygen atoms in total. The normalized spacial score (nSPS) is 18.9. The van der Waals surface area contributed by atoms with Crippen LogP contribution in [0.2, 0.25) is 0 Å². The lowest BCUT2D eigenvalue weighted by Gasteiger charge is -2.35. The van der Waals surface area contributed by atoms with Gasteiger partial charge in [0.25, 0.3) is 5.91 Å². The van der Waals surface area contributed by atoms with E-state index in [1.165, 1.54) is 0 Å². The number of carbonyl (C=O) groups is 1. The molecule has 0 saturated carbocycles. The van der Waals surface area contributed by atoms with Gasteiger partial charge >= 0.3 is 0 Å². The van der Waals surface area contributed by atoms with Gasteiger partial charge in [-0.25, -0.2) is 0 Å². The second-order valence-electron chi connectivity index (χ2n) is 8.67. The van der Waals surface area contributed by atoms with Gasteiger partial charge in [0, 0.05) is 46.0 Å². The monoisotopic (exact) mass is 428 g/mol. The van der Waals surface area contributed by atoms with Crippen LogP contribution in [0.25, 0.3) is 0 Å².